The molecule has 1 aromatic rings. The Labute approximate surface area is 90.1 Å². The number of hydrogen-bond donors (Lipinski definition) is 1. The number of nitrogens with zero attached hydrogens (tertiary/aromatic N) is 1. The second-order valence-corrected chi connectivity index (χ2v) is 3.69. The van der Waals surface area contributed by atoms with E-state index in [9.17, 15) is 4.79 Å². The Morgan fingerprint density at radius 3 is 2.87 bits per heavy atom. The van der Waals surface area contributed by atoms with Gasteiger partial charge in [-0.2, -0.15) is 0 Å². The first-order valence-corrected chi connectivity index (χ1v) is 5.43. The lowest BCUT2D eigenvalue weighted by molar-refractivity contribution is -0.117. The Bertz CT molecular complexity index is 387. The van der Waals surface area contributed by atoms with Gasteiger partial charge in [-0.1, -0.05) is 0 Å². The number of hydrogen-bond acceptors (Lipinski definition) is 2. The van der Waals surface area contributed by atoms with Crippen molar-refractivity contribution in [3.05, 3.63) is 23.8 Å². The standard InChI is InChI=1S/C12H16N2O/c1-3-13-10-5-6-11-9(7-10)8-12(15)14(11)4-2/h5-7,13H,3-4,8H2,1-2H3. The van der Waals surface area contributed by atoms with Crippen molar-refractivity contribution in [3.8, 4) is 0 Å². The smallest absolute Gasteiger partial charge is 0.231 e. The van der Waals surface area contributed by atoms with E-state index in [1.807, 2.05) is 24.0 Å². The van der Waals surface area contributed by atoms with Crippen LogP contribution in [0.1, 0.15) is 19.4 Å². The number of anilines is 2. The molecule has 15 heavy (non-hydrogen) atoms. The summed E-state index contributed by atoms with van der Waals surface area (Å²) in [5, 5.41) is 3.26. The molecular formula is C12H16N2O. The molecule has 80 valence electrons. The maximum atomic E-state index is 11.6. The molecule has 1 aliphatic rings. The summed E-state index contributed by atoms with van der Waals surface area (Å²) in [5.74, 6) is 0.209. The summed E-state index contributed by atoms with van der Waals surface area (Å²) >= 11 is 0. The second-order valence-electron chi connectivity index (χ2n) is 3.69. The third-order valence-corrected chi connectivity index (χ3v) is 2.71. The average Bonchev–Trinajstić information content (AvgIpc) is 2.53. The summed E-state index contributed by atoms with van der Waals surface area (Å²) in [4.78, 5) is 13.5. The quantitative estimate of drug-likeness (QED) is 0.817. The molecule has 1 heterocycles. The topological polar surface area (TPSA) is 32.3 Å². The van der Waals surface area contributed by atoms with Crippen molar-refractivity contribution < 1.29 is 4.79 Å². The Hall–Kier alpha value is -1.51. The molecule has 1 aromatic carbocycles. The van der Waals surface area contributed by atoms with E-state index in [1.165, 1.54) is 0 Å². The average molecular weight is 204 g/mol. The first kappa shape index (κ1) is 10.0. The highest BCUT2D eigenvalue weighted by molar-refractivity contribution is 6.01. The molecule has 0 saturated heterocycles. The molecule has 0 bridgehead atoms. The number of carbonyl (C=O) groups excluding carboxylic acids is 1. The van der Waals surface area contributed by atoms with Crippen LogP contribution in [0.3, 0.4) is 0 Å². The van der Waals surface area contributed by atoms with Crippen LogP contribution in [-0.4, -0.2) is 19.0 Å². The monoisotopic (exact) mass is 204 g/mol. The van der Waals surface area contributed by atoms with Crippen molar-refractivity contribution in [2.24, 2.45) is 0 Å². The number of amides is 1. The highest BCUT2D eigenvalue weighted by Gasteiger charge is 2.25. The van der Waals surface area contributed by atoms with Crippen LogP contribution in [0.25, 0.3) is 0 Å². The van der Waals surface area contributed by atoms with Gasteiger partial charge in [0.05, 0.1) is 6.42 Å². The SMILES string of the molecule is CCNc1ccc2c(c1)CC(=O)N2CC. The second kappa shape index (κ2) is 3.93. The van der Waals surface area contributed by atoms with E-state index in [4.69, 9.17) is 0 Å². The molecule has 0 aromatic heterocycles. The van der Waals surface area contributed by atoms with Gasteiger partial charge in [-0.3, -0.25) is 4.79 Å². The molecule has 2 rings (SSSR count). The van der Waals surface area contributed by atoms with Gasteiger partial charge in [0.25, 0.3) is 0 Å². The summed E-state index contributed by atoms with van der Waals surface area (Å²) in [6, 6.07) is 6.14. The fourth-order valence-corrected chi connectivity index (χ4v) is 2.04. The van der Waals surface area contributed by atoms with Gasteiger partial charge in [-0.15, -0.1) is 0 Å². The molecule has 0 atom stereocenters. The Morgan fingerprint density at radius 2 is 2.20 bits per heavy atom. The van der Waals surface area contributed by atoms with Crippen LogP contribution in [0.2, 0.25) is 0 Å². The summed E-state index contributed by atoms with van der Waals surface area (Å²) in [6.45, 7) is 5.73. The first-order chi connectivity index (χ1) is 7.26. The largest absolute Gasteiger partial charge is 0.385 e. The first-order valence-electron chi connectivity index (χ1n) is 5.43. The molecule has 0 unspecified atom stereocenters. The summed E-state index contributed by atoms with van der Waals surface area (Å²) in [6.07, 6.45) is 0.544. The van der Waals surface area contributed by atoms with Crippen LogP contribution in [0.5, 0.6) is 0 Å². The zero-order valence-corrected chi connectivity index (χ0v) is 9.21. The van der Waals surface area contributed by atoms with E-state index in [2.05, 4.69) is 18.3 Å². The van der Waals surface area contributed by atoms with Crippen LogP contribution < -0.4 is 10.2 Å². The minimum absolute atomic E-state index is 0.209. The summed E-state index contributed by atoms with van der Waals surface area (Å²) in [5.41, 5.74) is 3.31. The van der Waals surface area contributed by atoms with E-state index in [-0.39, 0.29) is 5.91 Å². The highest BCUT2D eigenvalue weighted by atomic mass is 16.2. The predicted octanol–water partition coefficient (Wildman–Crippen LogP) is 2.03. The number of carbonyl (C=O) groups is 1. The third-order valence-electron chi connectivity index (χ3n) is 2.71. The normalized spacial score (nSPS) is 14.3. The molecule has 0 saturated carbocycles. The fourth-order valence-electron chi connectivity index (χ4n) is 2.04. The van der Waals surface area contributed by atoms with E-state index < -0.39 is 0 Å². The van der Waals surface area contributed by atoms with Gasteiger partial charge in [0.2, 0.25) is 5.91 Å². The lowest BCUT2D eigenvalue weighted by Gasteiger charge is -2.14. The van der Waals surface area contributed by atoms with Gasteiger partial charge in [0, 0.05) is 24.5 Å². The molecular weight excluding hydrogens is 188 g/mol. The zero-order valence-electron chi connectivity index (χ0n) is 9.21. The number of likely N-dealkylation sites (N-methyl/N-ethyl adjacent to an activating group) is 1. The zero-order chi connectivity index (χ0) is 10.8. The van der Waals surface area contributed by atoms with Gasteiger partial charge < -0.3 is 10.2 Å². The van der Waals surface area contributed by atoms with Gasteiger partial charge in [-0.25, -0.2) is 0 Å². The van der Waals surface area contributed by atoms with E-state index >= 15 is 0 Å². The molecule has 1 N–H and O–H groups in total. The van der Waals surface area contributed by atoms with Crippen molar-refractivity contribution >= 4 is 17.3 Å². The van der Waals surface area contributed by atoms with Gasteiger partial charge in [0.1, 0.15) is 0 Å². The summed E-state index contributed by atoms with van der Waals surface area (Å²) in [7, 11) is 0. The number of benzene rings is 1. The van der Waals surface area contributed by atoms with E-state index in [1.54, 1.807) is 0 Å². The van der Waals surface area contributed by atoms with Crippen LogP contribution in [-0.2, 0) is 11.2 Å². The van der Waals surface area contributed by atoms with Gasteiger partial charge >= 0.3 is 0 Å². The fraction of sp³-hybridized carbons (Fsp3) is 0.417. The lowest BCUT2D eigenvalue weighted by Crippen LogP contribution is -2.25. The van der Waals surface area contributed by atoms with Gasteiger partial charge in [0.15, 0.2) is 0 Å². The van der Waals surface area contributed by atoms with Crippen LogP contribution in [0.15, 0.2) is 18.2 Å². The van der Waals surface area contributed by atoms with E-state index in [0.717, 1.165) is 30.0 Å². The molecule has 3 nitrogen and oxygen atoms in total. The van der Waals surface area contributed by atoms with E-state index in [0.29, 0.717) is 6.42 Å². The number of rotatable bonds is 3. The van der Waals surface area contributed by atoms with Crippen molar-refractivity contribution in [2.75, 3.05) is 23.3 Å². The summed E-state index contributed by atoms with van der Waals surface area (Å²) < 4.78 is 0. The van der Waals surface area contributed by atoms with Crippen LogP contribution >= 0.6 is 0 Å². The number of fused-ring (bicyclic) bond motifs is 1. The number of nitrogens with one attached hydrogen (secondary N) is 1. The van der Waals surface area contributed by atoms with Crippen molar-refractivity contribution in [3.63, 3.8) is 0 Å². The maximum absolute atomic E-state index is 11.6. The maximum Gasteiger partial charge on any atom is 0.231 e. The lowest BCUT2D eigenvalue weighted by atomic mass is 10.1. The van der Waals surface area contributed by atoms with Crippen LogP contribution in [0.4, 0.5) is 11.4 Å². The Kier molecular flexibility index (Phi) is 2.62. The molecule has 3 heteroatoms. The van der Waals surface area contributed by atoms with Crippen molar-refractivity contribution in [2.45, 2.75) is 20.3 Å². The van der Waals surface area contributed by atoms with Gasteiger partial charge in [-0.05, 0) is 37.6 Å². The molecule has 0 spiro atoms. The highest BCUT2D eigenvalue weighted by Crippen LogP contribution is 2.30. The third kappa shape index (κ3) is 1.69. The molecule has 0 fully saturated rings. The van der Waals surface area contributed by atoms with Crippen molar-refractivity contribution in [1.82, 2.24) is 0 Å². The van der Waals surface area contributed by atoms with Crippen molar-refractivity contribution in [1.29, 1.82) is 0 Å². The minimum Gasteiger partial charge on any atom is -0.385 e. The molecule has 0 aliphatic carbocycles. The molecule has 1 amide bonds. The van der Waals surface area contributed by atoms with Crippen LogP contribution in [0, 0.1) is 0 Å². The predicted molar refractivity (Wildman–Crippen MR) is 62.3 cm³/mol. The molecule has 0 radical (unpaired) electrons. The Morgan fingerprint density at radius 1 is 1.40 bits per heavy atom. The minimum atomic E-state index is 0.209. The Balaban J connectivity index is 2.33. The molecule has 1 aliphatic heterocycles.